The van der Waals surface area contributed by atoms with E-state index in [2.05, 4.69) is 30.9 Å². The number of hydrogen-bond acceptors (Lipinski definition) is 3. The summed E-state index contributed by atoms with van der Waals surface area (Å²) in [6.07, 6.45) is 1.86. The molecular formula is C11H9BrN4O. The van der Waals surface area contributed by atoms with Crippen LogP contribution in [0.25, 0.3) is 16.8 Å². The number of hydrogen-bond donors (Lipinski definition) is 1. The summed E-state index contributed by atoms with van der Waals surface area (Å²) in [6.45, 7) is 3.71. The van der Waals surface area contributed by atoms with Crippen molar-refractivity contribution in [1.82, 2.24) is 19.4 Å². The minimum absolute atomic E-state index is 0.202. The Hall–Kier alpha value is -1.69. The van der Waals surface area contributed by atoms with E-state index in [1.54, 1.807) is 6.92 Å². The summed E-state index contributed by atoms with van der Waals surface area (Å²) in [7, 11) is 0. The maximum atomic E-state index is 11.8. The summed E-state index contributed by atoms with van der Waals surface area (Å²) in [4.78, 5) is 23.1. The summed E-state index contributed by atoms with van der Waals surface area (Å²) in [6, 6.07) is 1.96. The second kappa shape index (κ2) is 3.40. The van der Waals surface area contributed by atoms with E-state index in [0.717, 1.165) is 15.7 Å². The van der Waals surface area contributed by atoms with Gasteiger partial charge in [-0.25, -0.2) is 9.97 Å². The van der Waals surface area contributed by atoms with Gasteiger partial charge in [0, 0.05) is 10.7 Å². The molecule has 86 valence electrons. The third-order valence-corrected chi connectivity index (χ3v) is 3.06. The summed E-state index contributed by atoms with van der Waals surface area (Å²) < 4.78 is 2.76. The van der Waals surface area contributed by atoms with Crippen LogP contribution >= 0.6 is 15.9 Å². The molecule has 0 saturated carbocycles. The van der Waals surface area contributed by atoms with E-state index >= 15 is 0 Å². The summed E-state index contributed by atoms with van der Waals surface area (Å²) >= 11 is 3.43. The predicted octanol–water partition coefficient (Wildman–Crippen LogP) is 1.95. The number of fused-ring (bicyclic) bond motifs is 3. The van der Waals surface area contributed by atoms with E-state index in [4.69, 9.17) is 0 Å². The van der Waals surface area contributed by atoms with Crippen molar-refractivity contribution in [2.75, 3.05) is 0 Å². The van der Waals surface area contributed by atoms with Gasteiger partial charge in [-0.1, -0.05) is 0 Å². The first-order valence-electron chi connectivity index (χ1n) is 5.11. The molecule has 3 aromatic heterocycles. The average Bonchev–Trinajstić information content (AvgIpc) is 2.58. The summed E-state index contributed by atoms with van der Waals surface area (Å²) in [5.41, 5.74) is 2.51. The van der Waals surface area contributed by atoms with Crippen molar-refractivity contribution in [3.05, 3.63) is 38.5 Å². The highest BCUT2D eigenvalue weighted by atomic mass is 79.9. The Labute approximate surface area is 105 Å². The lowest BCUT2D eigenvalue weighted by molar-refractivity contribution is 1.03. The predicted molar refractivity (Wildman–Crippen MR) is 68.3 cm³/mol. The van der Waals surface area contributed by atoms with Gasteiger partial charge in [0.25, 0.3) is 5.56 Å². The number of H-pyrrole nitrogens is 1. The van der Waals surface area contributed by atoms with Crippen LogP contribution in [0.3, 0.4) is 0 Å². The Morgan fingerprint density at radius 3 is 2.82 bits per heavy atom. The molecule has 0 fully saturated rings. The maximum Gasteiger partial charge on any atom is 0.279 e. The van der Waals surface area contributed by atoms with Gasteiger partial charge in [0.15, 0.2) is 11.2 Å². The van der Waals surface area contributed by atoms with Crippen molar-refractivity contribution >= 4 is 32.7 Å². The first-order chi connectivity index (χ1) is 8.06. The molecule has 0 radical (unpaired) electrons. The monoisotopic (exact) mass is 292 g/mol. The Morgan fingerprint density at radius 2 is 2.06 bits per heavy atom. The molecule has 3 aromatic rings. The fraction of sp³-hybridized carbons (Fsp3) is 0.182. The number of aromatic nitrogens is 4. The van der Waals surface area contributed by atoms with E-state index in [9.17, 15) is 4.79 Å². The van der Waals surface area contributed by atoms with Gasteiger partial charge in [0.05, 0.1) is 0 Å². The number of imidazole rings is 1. The number of nitrogens with one attached hydrogen (secondary N) is 1. The van der Waals surface area contributed by atoms with Crippen molar-refractivity contribution in [2.45, 2.75) is 13.8 Å². The van der Waals surface area contributed by atoms with Crippen molar-refractivity contribution in [3.63, 3.8) is 0 Å². The first kappa shape index (κ1) is 10.5. The number of rotatable bonds is 0. The lowest BCUT2D eigenvalue weighted by Gasteiger charge is -1.99. The highest BCUT2D eigenvalue weighted by molar-refractivity contribution is 9.10. The zero-order valence-electron chi connectivity index (χ0n) is 9.28. The number of aromatic amines is 1. The minimum atomic E-state index is -0.202. The second-order valence-corrected chi connectivity index (χ2v) is 4.89. The zero-order chi connectivity index (χ0) is 12.2. The zero-order valence-corrected chi connectivity index (χ0v) is 10.9. The van der Waals surface area contributed by atoms with Crippen LogP contribution in [0, 0.1) is 13.8 Å². The molecule has 0 saturated heterocycles. The van der Waals surface area contributed by atoms with Gasteiger partial charge < -0.3 is 4.98 Å². The lowest BCUT2D eigenvalue weighted by atomic mass is 10.3. The molecule has 0 atom stereocenters. The van der Waals surface area contributed by atoms with Gasteiger partial charge in [-0.3, -0.25) is 9.20 Å². The molecule has 0 bridgehead atoms. The van der Waals surface area contributed by atoms with Crippen LogP contribution in [0.4, 0.5) is 0 Å². The van der Waals surface area contributed by atoms with Crippen LogP contribution in [0.5, 0.6) is 0 Å². The third-order valence-electron chi connectivity index (χ3n) is 2.63. The Kier molecular flexibility index (Phi) is 2.09. The molecule has 0 amide bonds. The molecule has 0 aliphatic carbocycles. The van der Waals surface area contributed by atoms with E-state index in [0.29, 0.717) is 17.0 Å². The van der Waals surface area contributed by atoms with Gasteiger partial charge in [-0.15, -0.1) is 0 Å². The largest absolute Gasteiger partial charge is 0.309 e. The second-order valence-electron chi connectivity index (χ2n) is 3.97. The maximum absolute atomic E-state index is 11.8. The fourth-order valence-corrected chi connectivity index (χ4v) is 2.47. The molecule has 6 heteroatoms. The van der Waals surface area contributed by atoms with Crippen LogP contribution in [0.1, 0.15) is 11.4 Å². The van der Waals surface area contributed by atoms with Crippen LogP contribution in [-0.4, -0.2) is 19.4 Å². The molecular weight excluding hydrogens is 284 g/mol. The van der Waals surface area contributed by atoms with E-state index in [1.807, 2.05) is 23.6 Å². The fourth-order valence-electron chi connectivity index (χ4n) is 1.93. The number of halogens is 1. The van der Waals surface area contributed by atoms with Gasteiger partial charge >= 0.3 is 0 Å². The van der Waals surface area contributed by atoms with Crippen LogP contribution in [0.2, 0.25) is 0 Å². The van der Waals surface area contributed by atoms with Gasteiger partial charge in [-0.2, -0.15) is 0 Å². The van der Waals surface area contributed by atoms with Gasteiger partial charge in [0.1, 0.15) is 11.5 Å². The molecule has 0 aliphatic heterocycles. The van der Waals surface area contributed by atoms with E-state index in [-0.39, 0.29) is 5.56 Å². The molecule has 3 rings (SSSR count). The normalized spacial score (nSPS) is 11.5. The topological polar surface area (TPSA) is 63.1 Å². The van der Waals surface area contributed by atoms with Gasteiger partial charge in [0.2, 0.25) is 0 Å². The Balaban J connectivity index is 2.65. The lowest BCUT2D eigenvalue weighted by Crippen LogP contribution is -2.09. The standard InChI is InChI=1S/C11H9BrN4O/c1-5-3-7(12)4-16-9(5)15-8-10(16)13-6(2)14-11(8)17/h3-4H,1-2H3,(H,13,14,17). The summed E-state index contributed by atoms with van der Waals surface area (Å²) in [5.74, 6) is 0.585. The number of nitrogens with zero attached hydrogens (tertiary/aromatic N) is 3. The molecule has 5 nitrogen and oxygen atoms in total. The molecule has 0 unspecified atom stereocenters. The quantitative estimate of drug-likeness (QED) is 0.689. The number of pyridine rings is 1. The Morgan fingerprint density at radius 1 is 1.29 bits per heavy atom. The van der Waals surface area contributed by atoms with E-state index in [1.165, 1.54) is 0 Å². The summed E-state index contributed by atoms with van der Waals surface area (Å²) in [5, 5.41) is 0. The number of aryl methyl sites for hydroxylation is 2. The van der Waals surface area contributed by atoms with Crippen LogP contribution < -0.4 is 5.56 Å². The molecule has 3 heterocycles. The first-order valence-corrected chi connectivity index (χ1v) is 5.90. The average molecular weight is 293 g/mol. The smallest absolute Gasteiger partial charge is 0.279 e. The van der Waals surface area contributed by atoms with Crippen LogP contribution in [-0.2, 0) is 0 Å². The molecule has 1 N–H and O–H groups in total. The van der Waals surface area contributed by atoms with Crippen LogP contribution in [0.15, 0.2) is 21.5 Å². The highest BCUT2D eigenvalue weighted by Gasteiger charge is 2.12. The molecule has 0 spiro atoms. The molecule has 0 aliphatic rings. The van der Waals surface area contributed by atoms with Crippen molar-refractivity contribution in [3.8, 4) is 0 Å². The highest BCUT2D eigenvalue weighted by Crippen LogP contribution is 2.19. The molecule has 0 aromatic carbocycles. The third kappa shape index (κ3) is 1.48. The minimum Gasteiger partial charge on any atom is -0.309 e. The van der Waals surface area contributed by atoms with E-state index < -0.39 is 0 Å². The van der Waals surface area contributed by atoms with Gasteiger partial charge in [-0.05, 0) is 41.4 Å². The SMILES string of the molecule is Cc1nc2c(nc3c(C)cc(Br)cn32)c(=O)[nH]1. The Bertz CT molecular complexity index is 802. The van der Waals surface area contributed by atoms with Crippen molar-refractivity contribution in [2.24, 2.45) is 0 Å². The van der Waals surface area contributed by atoms with Crippen molar-refractivity contribution < 1.29 is 0 Å². The van der Waals surface area contributed by atoms with Crippen molar-refractivity contribution in [1.29, 1.82) is 0 Å². The molecule has 17 heavy (non-hydrogen) atoms.